The van der Waals surface area contributed by atoms with Gasteiger partial charge in [-0.3, -0.25) is 4.79 Å². The number of piperidine rings is 1. The fourth-order valence-corrected chi connectivity index (χ4v) is 5.52. The predicted octanol–water partition coefficient (Wildman–Crippen LogP) is 2.30. The molecule has 3 rings (SSSR count). The van der Waals surface area contributed by atoms with Gasteiger partial charge in [-0.2, -0.15) is 0 Å². The summed E-state index contributed by atoms with van der Waals surface area (Å²) in [7, 11) is -2.03. The molecule has 2 heterocycles. The van der Waals surface area contributed by atoms with Crippen molar-refractivity contribution in [2.75, 3.05) is 26.7 Å². The number of aryl methyl sites for hydroxylation is 3. The first-order valence-corrected chi connectivity index (χ1v) is 11.7. The second kappa shape index (κ2) is 8.76. The highest BCUT2D eigenvalue weighted by atomic mass is 32.2. The summed E-state index contributed by atoms with van der Waals surface area (Å²) in [6.07, 6.45) is 1.50. The molecule has 1 fully saturated rings. The second-order valence-electron chi connectivity index (χ2n) is 7.37. The second-order valence-corrected chi connectivity index (χ2v) is 9.89. The number of benzene rings is 1. The molecule has 8 nitrogen and oxygen atoms in total. The molecule has 0 radical (unpaired) electrons. The Hall–Kier alpha value is -2.04. The average Bonchev–Trinajstić information content (AvgIpc) is 3.12. The van der Waals surface area contributed by atoms with Gasteiger partial charge in [-0.25, -0.2) is 13.1 Å². The highest BCUT2D eigenvalue weighted by molar-refractivity contribution is 7.89. The van der Waals surface area contributed by atoms with Crippen molar-refractivity contribution in [2.24, 2.45) is 5.92 Å². The van der Waals surface area contributed by atoms with Crippen LogP contribution in [-0.2, 0) is 10.0 Å². The number of sulfonamides is 1. The number of nitrogens with zero attached hydrogens (tertiary/aromatic N) is 3. The summed E-state index contributed by atoms with van der Waals surface area (Å²) in [6, 6.07) is 3.25. The lowest BCUT2D eigenvalue weighted by Crippen LogP contribution is -2.41. The highest BCUT2D eigenvalue weighted by Crippen LogP contribution is 2.27. The molecule has 158 valence electrons. The molecule has 0 saturated carbocycles. The lowest BCUT2D eigenvalue weighted by atomic mass is 9.97. The van der Waals surface area contributed by atoms with Gasteiger partial charge in [-0.15, -0.1) is 5.10 Å². The molecule has 0 atom stereocenters. The molecule has 1 aliphatic rings. The van der Waals surface area contributed by atoms with E-state index < -0.39 is 10.0 Å². The van der Waals surface area contributed by atoms with E-state index in [-0.39, 0.29) is 16.7 Å². The molecule has 0 aliphatic carbocycles. The average molecular weight is 439 g/mol. The van der Waals surface area contributed by atoms with Crippen LogP contribution in [0.1, 0.15) is 39.3 Å². The van der Waals surface area contributed by atoms with E-state index in [2.05, 4.69) is 14.3 Å². The van der Waals surface area contributed by atoms with Crippen molar-refractivity contribution < 1.29 is 17.9 Å². The Labute approximate surface area is 175 Å². The van der Waals surface area contributed by atoms with Crippen molar-refractivity contribution in [2.45, 2.75) is 38.5 Å². The molecule has 1 aromatic heterocycles. The number of nitrogens with one attached hydrogen (secondary N) is 1. The zero-order valence-electron chi connectivity index (χ0n) is 17.1. The minimum absolute atomic E-state index is 0.0410. The minimum atomic E-state index is -3.60. The molecule has 29 heavy (non-hydrogen) atoms. The maximum Gasteiger partial charge on any atom is 0.267 e. The Bertz CT molecular complexity index is 972. The molecule has 0 bridgehead atoms. The number of aromatic nitrogens is 2. The van der Waals surface area contributed by atoms with Crippen molar-refractivity contribution in [1.82, 2.24) is 19.2 Å². The van der Waals surface area contributed by atoms with Crippen molar-refractivity contribution in [3.63, 3.8) is 0 Å². The smallest absolute Gasteiger partial charge is 0.267 e. The number of methoxy groups -OCH3 is 1. The van der Waals surface area contributed by atoms with Crippen LogP contribution in [0.2, 0.25) is 0 Å². The van der Waals surface area contributed by atoms with Gasteiger partial charge in [0, 0.05) is 19.6 Å². The number of hydrogen-bond acceptors (Lipinski definition) is 7. The van der Waals surface area contributed by atoms with Gasteiger partial charge in [0.15, 0.2) is 0 Å². The Morgan fingerprint density at radius 1 is 1.24 bits per heavy atom. The number of carbonyl (C=O) groups is 1. The van der Waals surface area contributed by atoms with E-state index in [1.807, 2.05) is 13.8 Å². The molecular formula is C19H26N4O4S2. The monoisotopic (exact) mass is 438 g/mol. The third-order valence-corrected chi connectivity index (χ3v) is 7.48. The van der Waals surface area contributed by atoms with Crippen molar-refractivity contribution in [1.29, 1.82) is 0 Å². The first kappa shape index (κ1) is 21.7. The van der Waals surface area contributed by atoms with Crippen LogP contribution in [0, 0.1) is 26.7 Å². The van der Waals surface area contributed by atoms with Crippen LogP contribution < -0.4 is 9.46 Å². The Morgan fingerprint density at radius 3 is 2.38 bits per heavy atom. The first-order chi connectivity index (χ1) is 13.7. The van der Waals surface area contributed by atoms with Gasteiger partial charge in [-0.05, 0) is 74.3 Å². The Balaban J connectivity index is 1.57. The summed E-state index contributed by atoms with van der Waals surface area (Å²) >= 11 is 1.12. The molecule has 1 aliphatic heterocycles. The van der Waals surface area contributed by atoms with Gasteiger partial charge >= 0.3 is 0 Å². The third-order valence-electron chi connectivity index (χ3n) is 5.26. The number of rotatable bonds is 6. The zero-order chi connectivity index (χ0) is 21.2. The molecule has 0 spiro atoms. The van der Waals surface area contributed by atoms with Gasteiger partial charge < -0.3 is 9.64 Å². The van der Waals surface area contributed by atoms with E-state index in [1.165, 1.54) is 0 Å². The quantitative estimate of drug-likeness (QED) is 0.743. The molecular weight excluding hydrogens is 412 g/mol. The molecule has 1 saturated heterocycles. The van der Waals surface area contributed by atoms with E-state index in [9.17, 15) is 13.2 Å². The van der Waals surface area contributed by atoms with Crippen molar-refractivity contribution >= 4 is 27.5 Å². The van der Waals surface area contributed by atoms with Gasteiger partial charge in [0.1, 0.15) is 10.6 Å². The lowest BCUT2D eigenvalue weighted by Gasteiger charge is -2.31. The summed E-state index contributed by atoms with van der Waals surface area (Å²) in [6.45, 7) is 7.00. The first-order valence-electron chi connectivity index (χ1n) is 9.46. The fraction of sp³-hybridized carbons (Fsp3) is 0.526. The summed E-state index contributed by atoms with van der Waals surface area (Å²) in [5.74, 6) is 0.850. The number of hydrogen-bond donors (Lipinski definition) is 1. The predicted molar refractivity (Wildman–Crippen MR) is 111 cm³/mol. The van der Waals surface area contributed by atoms with E-state index in [0.717, 1.165) is 35.5 Å². The maximum absolute atomic E-state index is 12.7. The number of carbonyl (C=O) groups excluding carboxylic acids is 1. The number of likely N-dealkylation sites (tertiary alicyclic amines) is 1. The number of amides is 1. The topological polar surface area (TPSA) is 101 Å². The van der Waals surface area contributed by atoms with Gasteiger partial charge in [0.2, 0.25) is 10.0 Å². The molecule has 1 N–H and O–H groups in total. The maximum atomic E-state index is 12.7. The van der Waals surface area contributed by atoms with Crippen LogP contribution in [-0.4, -0.2) is 55.6 Å². The van der Waals surface area contributed by atoms with Crippen molar-refractivity contribution in [3.05, 3.63) is 33.8 Å². The van der Waals surface area contributed by atoms with Gasteiger partial charge in [0.25, 0.3) is 5.91 Å². The van der Waals surface area contributed by atoms with Crippen LogP contribution in [0.25, 0.3) is 0 Å². The summed E-state index contributed by atoms with van der Waals surface area (Å²) < 4.78 is 37.3. The normalized spacial score (nSPS) is 15.5. The van der Waals surface area contributed by atoms with Crippen molar-refractivity contribution in [3.8, 4) is 5.75 Å². The minimum Gasteiger partial charge on any atom is -0.496 e. The summed E-state index contributed by atoms with van der Waals surface area (Å²) in [4.78, 5) is 15.2. The summed E-state index contributed by atoms with van der Waals surface area (Å²) in [5.41, 5.74) is 2.22. The van der Waals surface area contributed by atoms with Crippen LogP contribution in [0.5, 0.6) is 5.75 Å². The largest absolute Gasteiger partial charge is 0.496 e. The van der Waals surface area contributed by atoms with E-state index in [4.69, 9.17) is 4.74 Å². The highest BCUT2D eigenvalue weighted by Gasteiger charge is 2.27. The van der Waals surface area contributed by atoms with Crippen LogP contribution in [0.15, 0.2) is 17.0 Å². The van der Waals surface area contributed by atoms with Crippen LogP contribution in [0.4, 0.5) is 0 Å². The fourth-order valence-electron chi connectivity index (χ4n) is 3.61. The van der Waals surface area contributed by atoms with Crippen LogP contribution in [0.3, 0.4) is 0 Å². The van der Waals surface area contributed by atoms with Gasteiger partial charge in [-0.1, -0.05) is 4.49 Å². The molecule has 2 aromatic rings. The molecule has 1 aromatic carbocycles. The third kappa shape index (κ3) is 4.76. The molecule has 10 heteroatoms. The summed E-state index contributed by atoms with van der Waals surface area (Å²) in [5, 5.41) is 3.89. The zero-order valence-corrected chi connectivity index (χ0v) is 18.7. The SMILES string of the molecule is COc1c(C)cc(S(=O)(=O)NCC2CCN(C(=O)c3snnc3C)CC2)cc1C. The number of ether oxygens (including phenoxy) is 1. The lowest BCUT2D eigenvalue weighted by molar-refractivity contribution is 0.0696. The molecule has 0 unspecified atom stereocenters. The van der Waals surface area contributed by atoms with Crippen LogP contribution >= 0.6 is 11.5 Å². The Morgan fingerprint density at radius 2 is 1.86 bits per heavy atom. The molecule has 1 amide bonds. The van der Waals surface area contributed by atoms with E-state index in [0.29, 0.717) is 36.0 Å². The van der Waals surface area contributed by atoms with Gasteiger partial charge in [0.05, 0.1) is 17.7 Å². The Kier molecular flexibility index (Phi) is 6.55. The van der Waals surface area contributed by atoms with E-state index >= 15 is 0 Å². The standard InChI is InChI=1S/C19H26N4O4S2/c1-12-9-16(10-13(2)17(12)27-4)29(25,26)20-11-15-5-7-23(8-6-15)19(24)18-14(3)21-22-28-18/h9-10,15,20H,5-8,11H2,1-4H3. The van der Waals surface area contributed by atoms with E-state index in [1.54, 1.807) is 31.1 Å².